The number of carbonyl (C=O) groups is 1. The van der Waals surface area contributed by atoms with E-state index in [1.165, 1.54) is 0 Å². The molecule has 0 atom stereocenters. The van der Waals surface area contributed by atoms with Gasteiger partial charge in [-0.05, 0) is 0 Å². The summed E-state index contributed by atoms with van der Waals surface area (Å²) in [4.78, 5) is 10.9. The zero-order chi connectivity index (χ0) is 9.97. The van der Waals surface area contributed by atoms with Gasteiger partial charge in [-0.2, -0.15) is 5.10 Å². The quantitative estimate of drug-likeness (QED) is 0.560. The molecule has 1 aromatic heterocycles. The minimum Gasteiger partial charge on any atom is -0.312 e. The molecule has 0 unspecified atom stereocenters. The number of hydrogen-bond donors (Lipinski definition) is 1. The van der Waals surface area contributed by atoms with E-state index in [2.05, 4.69) is 17.0 Å². The summed E-state index contributed by atoms with van der Waals surface area (Å²) in [5.74, 6) is 0. The number of carbonyl (C=O) groups excluding carboxylic acids is 1. The normalized spacial score (nSPS) is 14.9. The Hall–Kier alpha value is -1.42. The number of allylic oxidation sites excluding steroid dienone is 1. The van der Waals surface area contributed by atoms with Gasteiger partial charge in [0.1, 0.15) is 5.69 Å². The molecule has 0 aliphatic carbocycles. The molecule has 1 aliphatic heterocycles. The molecule has 2 rings (SSSR count). The van der Waals surface area contributed by atoms with Crippen molar-refractivity contribution in [2.45, 2.75) is 19.5 Å². The zero-order valence-corrected chi connectivity index (χ0v) is 7.99. The number of aldehydes is 1. The Morgan fingerprint density at radius 3 is 3.21 bits per heavy atom. The molecule has 14 heavy (non-hydrogen) atoms. The summed E-state index contributed by atoms with van der Waals surface area (Å²) in [5, 5.41) is 7.62. The van der Waals surface area contributed by atoms with Crippen molar-refractivity contribution < 1.29 is 4.79 Å². The van der Waals surface area contributed by atoms with Gasteiger partial charge in [0.2, 0.25) is 0 Å². The van der Waals surface area contributed by atoms with Crippen LogP contribution in [0.25, 0.3) is 0 Å². The summed E-state index contributed by atoms with van der Waals surface area (Å²) in [7, 11) is 0. The monoisotopic (exact) mass is 191 g/mol. The second-order valence-corrected chi connectivity index (χ2v) is 3.33. The summed E-state index contributed by atoms with van der Waals surface area (Å²) >= 11 is 0. The lowest BCUT2D eigenvalue weighted by Crippen LogP contribution is -2.23. The molecule has 0 saturated heterocycles. The van der Waals surface area contributed by atoms with Gasteiger partial charge in [0.05, 0.1) is 12.2 Å². The summed E-state index contributed by atoms with van der Waals surface area (Å²) in [6, 6.07) is 0. The Morgan fingerprint density at radius 1 is 1.64 bits per heavy atom. The SMILES string of the molecule is C=CCn1nc2c(c1C=O)CNCC2. The topological polar surface area (TPSA) is 46.9 Å². The third-order valence-electron chi connectivity index (χ3n) is 2.43. The molecular formula is C10H13N3O. The number of rotatable bonds is 3. The van der Waals surface area contributed by atoms with Crippen LogP contribution in [0.15, 0.2) is 12.7 Å². The Morgan fingerprint density at radius 2 is 2.50 bits per heavy atom. The van der Waals surface area contributed by atoms with Gasteiger partial charge in [0.15, 0.2) is 6.29 Å². The van der Waals surface area contributed by atoms with Crippen molar-refractivity contribution in [3.8, 4) is 0 Å². The van der Waals surface area contributed by atoms with E-state index < -0.39 is 0 Å². The van der Waals surface area contributed by atoms with Gasteiger partial charge >= 0.3 is 0 Å². The lowest BCUT2D eigenvalue weighted by Gasteiger charge is -2.10. The fourth-order valence-electron chi connectivity index (χ4n) is 1.77. The predicted octanol–water partition coefficient (Wildman–Crippen LogP) is 0.527. The Labute approximate surface area is 82.6 Å². The van der Waals surface area contributed by atoms with Gasteiger partial charge in [0.25, 0.3) is 0 Å². The smallest absolute Gasteiger partial charge is 0.168 e. The summed E-state index contributed by atoms with van der Waals surface area (Å²) < 4.78 is 1.72. The van der Waals surface area contributed by atoms with Gasteiger partial charge in [-0.25, -0.2) is 0 Å². The third kappa shape index (κ3) is 1.37. The van der Waals surface area contributed by atoms with Crippen LogP contribution in [0.4, 0.5) is 0 Å². The second-order valence-electron chi connectivity index (χ2n) is 3.33. The first-order valence-corrected chi connectivity index (χ1v) is 4.72. The fraction of sp³-hybridized carbons (Fsp3) is 0.400. The molecule has 4 nitrogen and oxygen atoms in total. The van der Waals surface area contributed by atoms with Crippen LogP contribution in [-0.2, 0) is 19.5 Å². The van der Waals surface area contributed by atoms with Gasteiger partial charge in [0, 0.05) is 25.1 Å². The maximum Gasteiger partial charge on any atom is 0.168 e. The molecule has 0 fully saturated rings. The van der Waals surface area contributed by atoms with Crippen molar-refractivity contribution in [2.75, 3.05) is 6.54 Å². The van der Waals surface area contributed by atoms with Crippen LogP contribution in [0, 0.1) is 0 Å². The number of hydrogen-bond acceptors (Lipinski definition) is 3. The number of aromatic nitrogens is 2. The van der Waals surface area contributed by atoms with Crippen LogP contribution >= 0.6 is 0 Å². The largest absolute Gasteiger partial charge is 0.312 e. The molecule has 4 heteroatoms. The van der Waals surface area contributed by atoms with Crippen molar-refractivity contribution >= 4 is 6.29 Å². The minimum atomic E-state index is 0.598. The van der Waals surface area contributed by atoms with Gasteiger partial charge in [-0.3, -0.25) is 9.48 Å². The van der Waals surface area contributed by atoms with Crippen molar-refractivity contribution in [3.63, 3.8) is 0 Å². The molecule has 2 heterocycles. The first-order valence-electron chi connectivity index (χ1n) is 4.72. The first kappa shape index (κ1) is 9.15. The number of nitrogens with zero attached hydrogens (tertiary/aromatic N) is 2. The molecule has 0 saturated carbocycles. The fourth-order valence-corrected chi connectivity index (χ4v) is 1.77. The maximum absolute atomic E-state index is 10.9. The van der Waals surface area contributed by atoms with E-state index >= 15 is 0 Å². The Balaban J connectivity index is 2.45. The standard InChI is InChI=1S/C10H13N3O/c1-2-5-13-10(7-14)8-6-11-4-3-9(8)12-13/h2,7,11H,1,3-6H2. The molecule has 1 N–H and O–H groups in total. The van der Waals surface area contributed by atoms with Gasteiger partial charge in [-0.15, -0.1) is 6.58 Å². The van der Waals surface area contributed by atoms with Crippen molar-refractivity contribution in [1.82, 2.24) is 15.1 Å². The highest BCUT2D eigenvalue weighted by Gasteiger charge is 2.18. The van der Waals surface area contributed by atoms with Crippen LogP contribution in [0.5, 0.6) is 0 Å². The second kappa shape index (κ2) is 3.75. The lowest BCUT2D eigenvalue weighted by atomic mass is 10.1. The maximum atomic E-state index is 10.9. The lowest BCUT2D eigenvalue weighted by molar-refractivity contribution is 0.111. The Bertz CT molecular complexity index is 368. The van der Waals surface area contributed by atoms with Crippen LogP contribution in [0.3, 0.4) is 0 Å². The zero-order valence-electron chi connectivity index (χ0n) is 7.99. The van der Waals surface area contributed by atoms with E-state index in [9.17, 15) is 4.79 Å². The van der Waals surface area contributed by atoms with Gasteiger partial charge < -0.3 is 5.32 Å². The molecule has 0 spiro atoms. The van der Waals surface area contributed by atoms with E-state index in [1.54, 1.807) is 10.8 Å². The molecule has 0 bridgehead atoms. The highest BCUT2D eigenvalue weighted by atomic mass is 16.1. The summed E-state index contributed by atoms with van der Waals surface area (Å²) in [5.41, 5.74) is 2.79. The van der Waals surface area contributed by atoms with Crippen molar-refractivity contribution in [1.29, 1.82) is 0 Å². The summed E-state index contributed by atoms with van der Waals surface area (Å²) in [6.45, 7) is 5.93. The van der Waals surface area contributed by atoms with E-state index in [0.29, 0.717) is 12.2 Å². The average molecular weight is 191 g/mol. The number of nitrogens with one attached hydrogen (secondary N) is 1. The molecule has 0 aromatic carbocycles. The molecule has 1 aromatic rings. The van der Waals surface area contributed by atoms with E-state index in [0.717, 1.165) is 37.1 Å². The minimum absolute atomic E-state index is 0.598. The van der Waals surface area contributed by atoms with Crippen LogP contribution < -0.4 is 5.32 Å². The van der Waals surface area contributed by atoms with Crippen LogP contribution in [0.2, 0.25) is 0 Å². The average Bonchev–Trinajstić information content (AvgIpc) is 2.55. The summed E-state index contributed by atoms with van der Waals surface area (Å²) in [6.07, 6.45) is 3.53. The van der Waals surface area contributed by atoms with Crippen LogP contribution in [-0.4, -0.2) is 22.6 Å². The van der Waals surface area contributed by atoms with E-state index in [-0.39, 0.29) is 0 Å². The first-order chi connectivity index (χ1) is 6.86. The van der Waals surface area contributed by atoms with E-state index in [1.807, 2.05) is 0 Å². The van der Waals surface area contributed by atoms with E-state index in [4.69, 9.17) is 0 Å². The highest BCUT2D eigenvalue weighted by molar-refractivity contribution is 5.75. The Kier molecular flexibility index (Phi) is 2.45. The van der Waals surface area contributed by atoms with Gasteiger partial charge in [-0.1, -0.05) is 6.08 Å². The van der Waals surface area contributed by atoms with Crippen LogP contribution in [0.1, 0.15) is 21.7 Å². The molecule has 1 aliphatic rings. The predicted molar refractivity (Wildman–Crippen MR) is 53.2 cm³/mol. The third-order valence-corrected chi connectivity index (χ3v) is 2.43. The highest BCUT2D eigenvalue weighted by Crippen LogP contribution is 2.16. The van der Waals surface area contributed by atoms with Crippen molar-refractivity contribution in [2.24, 2.45) is 0 Å². The van der Waals surface area contributed by atoms with Crippen molar-refractivity contribution in [3.05, 3.63) is 29.6 Å². The molecular weight excluding hydrogens is 178 g/mol. The number of fused-ring (bicyclic) bond motifs is 1. The molecule has 0 radical (unpaired) electrons. The molecule has 74 valence electrons. The molecule has 0 amide bonds.